The van der Waals surface area contributed by atoms with Gasteiger partial charge in [-0.2, -0.15) is 13.2 Å². The molecule has 162 valence electrons. The lowest BCUT2D eigenvalue weighted by Crippen LogP contribution is -2.49. The molecule has 7 nitrogen and oxygen atoms in total. The number of alkyl halides is 5. The lowest BCUT2D eigenvalue weighted by molar-refractivity contribution is -0.150. The Morgan fingerprint density at radius 1 is 1.38 bits per heavy atom. The molecule has 0 radical (unpaired) electrons. The van der Waals surface area contributed by atoms with Crippen molar-refractivity contribution in [3.8, 4) is 0 Å². The summed E-state index contributed by atoms with van der Waals surface area (Å²) in [5, 5.41) is 2.21. The molecule has 0 bridgehead atoms. The van der Waals surface area contributed by atoms with E-state index >= 15 is 0 Å². The Labute approximate surface area is 163 Å². The van der Waals surface area contributed by atoms with Crippen LogP contribution in [0.2, 0.25) is 0 Å². The van der Waals surface area contributed by atoms with E-state index in [4.69, 9.17) is 10.5 Å². The van der Waals surface area contributed by atoms with Crippen LogP contribution in [0, 0.1) is 0 Å². The molecule has 1 fully saturated rings. The lowest BCUT2D eigenvalue weighted by Gasteiger charge is -2.28. The Morgan fingerprint density at radius 3 is 2.62 bits per heavy atom. The van der Waals surface area contributed by atoms with Crippen LogP contribution in [0.25, 0.3) is 0 Å². The summed E-state index contributed by atoms with van der Waals surface area (Å²) < 4.78 is 69.7. The van der Waals surface area contributed by atoms with Gasteiger partial charge in [-0.15, -0.1) is 0 Å². The molecular weight excluding hydrogens is 403 g/mol. The molecule has 0 aromatic heterocycles. The van der Waals surface area contributed by atoms with Gasteiger partial charge in [0.15, 0.2) is 0 Å². The molecule has 1 atom stereocenters. The normalized spacial score (nSPS) is 16.4. The first kappa shape index (κ1) is 23.0. The first-order valence-corrected chi connectivity index (χ1v) is 8.61. The second-order valence-electron chi connectivity index (χ2n) is 6.44. The highest BCUT2D eigenvalue weighted by Gasteiger charge is 2.34. The summed E-state index contributed by atoms with van der Waals surface area (Å²) in [7, 11) is 1.06. The average Bonchev–Trinajstić information content (AvgIpc) is 2.61. The second kappa shape index (κ2) is 9.46. The number of anilines is 2. The summed E-state index contributed by atoms with van der Waals surface area (Å²) in [5.74, 6) is -1.35. The van der Waals surface area contributed by atoms with E-state index in [1.54, 1.807) is 0 Å². The van der Waals surface area contributed by atoms with Gasteiger partial charge in [0.1, 0.15) is 12.6 Å². The molecular formula is C17H21F5N4O3. The third-order valence-electron chi connectivity index (χ3n) is 4.31. The van der Waals surface area contributed by atoms with Gasteiger partial charge in [0, 0.05) is 30.0 Å². The first-order chi connectivity index (χ1) is 13.5. The smallest absolute Gasteiger partial charge is 0.370 e. The standard InChI is InChI=1S/C17H21F5N4O3/c1-25(9-17(20,21)22)13(7-23)16(28)24-12-3-2-10(6-11(12)15(18)19)26-4-5-29-8-14(26)27/h2-3,6,13,15H,4-5,7-9,23H2,1H3,(H,24,28)/t13-/m0/s1. The molecule has 12 heteroatoms. The molecule has 0 saturated carbocycles. The Bertz CT molecular complexity index is 744. The number of likely N-dealkylation sites (N-methyl/N-ethyl adjacent to an activating group) is 1. The molecule has 1 aromatic carbocycles. The maximum absolute atomic E-state index is 13.5. The predicted molar refractivity (Wildman–Crippen MR) is 94.7 cm³/mol. The summed E-state index contributed by atoms with van der Waals surface area (Å²) in [5.41, 5.74) is 4.78. The number of hydrogen-bond acceptors (Lipinski definition) is 5. The molecule has 2 amide bonds. The molecule has 2 rings (SSSR count). The fourth-order valence-corrected chi connectivity index (χ4v) is 2.90. The maximum atomic E-state index is 13.5. The van der Waals surface area contributed by atoms with Crippen molar-refractivity contribution in [3.05, 3.63) is 23.8 Å². The van der Waals surface area contributed by atoms with Gasteiger partial charge in [-0.05, 0) is 25.2 Å². The largest absolute Gasteiger partial charge is 0.401 e. The van der Waals surface area contributed by atoms with Gasteiger partial charge in [-0.25, -0.2) is 8.78 Å². The van der Waals surface area contributed by atoms with Crippen LogP contribution < -0.4 is 16.0 Å². The van der Waals surface area contributed by atoms with Gasteiger partial charge in [-0.1, -0.05) is 0 Å². The molecule has 1 aliphatic heterocycles. The number of carbonyl (C=O) groups excluding carboxylic acids is 2. The van der Waals surface area contributed by atoms with Crippen LogP contribution in [0.1, 0.15) is 12.0 Å². The van der Waals surface area contributed by atoms with Crippen molar-refractivity contribution in [1.29, 1.82) is 0 Å². The lowest BCUT2D eigenvalue weighted by atomic mass is 10.1. The minimum atomic E-state index is -4.55. The second-order valence-corrected chi connectivity index (χ2v) is 6.44. The predicted octanol–water partition coefficient (Wildman–Crippen LogP) is 1.75. The van der Waals surface area contributed by atoms with E-state index < -0.39 is 49.1 Å². The number of nitrogens with two attached hydrogens (primary N) is 1. The Kier molecular flexibility index (Phi) is 7.49. The average molecular weight is 424 g/mol. The Hall–Kier alpha value is -2.31. The van der Waals surface area contributed by atoms with Gasteiger partial charge in [0.25, 0.3) is 12.3 Å². The number of carbonyl (C=O) groups is 2. The summed E-state index contributed by atoms with van der Waals surface area (Å²) in [6.45, 7) is -1.57. The summed E-state index contributed by atoms with van der Waals surface area (Å²) in [6.07, 6.45) is -7.55. The molecule has 0 aliphatic carbocycles. The maximum Gasteiger partial charge on any atom is 0.401 e. The minimum absolute atomic E-state index is 0.174. The molecule has 3 N–H and O–H groups in total. The SMILES string of the molecule is CN(CC(F)(F)F)[C@@H](CN)C(=O)Nc1ccc(N2CCOCC2=O)cc1C(F)F. The number of nitrogens with one attached hydrogen (secondary N) is 1. The monoisotopic (exact) mass is 424 g/mol. The third-order valence-corrected chi connectivity index (χ3v) is 4.31. The third kappa shape index (κ3) is 6.08. The van der Waals surface area contributed by atoms with Crippen molar-refractivity contribution in [1.82, 2.24) is 4.90 Å². The topological polar surface area (TPSA) is 87.9 Å². The van der Waals surface area contributed by atoms with Crippen LogP contribution in [-0.4, -0.2) is 68.8 Å². The minimum Gasteiger partial charge on any atom is -0.370 e. The van der Waals surface area contributed by atoms with Crippen LogP contribution in [0.4, 0.5) is 33.3 Å². The molecule has 1 heterocycles. The zero-order chi connectivity index (χ0) is 21.8. The van der Waals surface area contributed by atoms with Gasteiger partial charge >= 0.3 is 6.18 Å². The number of nitrogens with zero attached hydrogens (tertiary/aromatic N) is 2. The van der Waals surface area contributed by atoms with E-state index in [0.29, 0.717) is 4.90 Å². The molecule has 1 aliphatic rings. The zero-order valence-electron chi connectivity index (χ0n) is 15.5. The summed E-state index contributed by atoms with van der Waals surface area (Å²) in [6, 6.07) is 2.22. The number of amides is 2. The Balaban J connectivity index is 2.22. The van der Waals surface area contributed by atoms with E-state index in [9.17, 15) is 31.5 Å². The van der Waals surface area contributed by atoms with Crippen molar-refractivity contribution in [3.63, 3.8) is 0 Å². The van der Waals surface area contributed by atoms with E-state index in [2.05, 4.69) is 5.32 Å². The first-order valence-electron chi connectivity index (χ1n) is 8.61. The quantitative estimate of drug-likeness (QED) is 0.652. The van der Waals surface area contributed by atoms with Crippen LogP contribution in [-0.2, 0) is 14.3 Å². The highest BCUT2D eigenvalue weighted by atomic mass is 19.4. The summed E-state index contributed by atoms with van der Waals surface area (Å²) >= 11 is 0. The highest BCUT2D eigenvalue weighted by molar-refractivity contribution is 5.97. The van der Waals surface area contributed by atoms with Gasteiger partial charge in [0.2, 0.25) is 5.91 Å². The molecule has 0 spiro atoms. The van der Waals surface area contributed by atoms with Crippen LogP contribution >= 0.6 is 0 Å². The number of ether oxygens (including phenoxy) is 1. The zero-order valence-corrected chi connectivity index (χ0v) is 15.5. The van der Waals surface area contributed by atoms with E-state index in [0.717, 1.165) is 13.1 Å². The van der Waals surface area contributed by atoms with Crippen LogP contribution in [0.3, 0.4) is 0 Å². The van der Waals surface area contributed by atoms with Crippen molar-refractivity contribution < 1.29 is 36.3 Å². The van der Waals surface area contributed by atoms with Crippen molar-refractivity contribution >= 4 is 23.2 Å². The van der Waals surface area contributed by atoms with Gasteiger partial charge in [0.05, 0.1) is 13.2 Å². The van der Waals surface area contributed by atoms with Crippen molar-refractivity contribution in [2.75, 3.05) is 50.1 Å². The highest BCUT2D eigenvalue weighted by Crippen LogP contribution is 2.32. The van der Waals surface area contributed by atoms with E-state index in [1.165, 1.54) is 17.0 Å². The Morgan fingerprint density at radius 2 is 2.07 bits per heavy atom. The van der Waals surface area contributed by atoms with Gasteiger partial charge in [-0.3, -0.25) is 14.5 Å². The molecule has 29 heavy (non-hydrogen) atoms. The van der Waals surface area contributed by atoms with Crippen molar-refractivity contribution in [2.24, 2.45) is 5.73 Å². The fourth-order valence-electron chi connectivity index (χ4n) is 2.90. The van der Waals surface area contributed by atoms with E-state index in [-0.39, 0.29) is 31.1 Å². The van der Waals surface area contributed by atoms with Gasteiger partial charge < -0.3 is 20.7 Å². The number of hydrogen-bond donors (Lipinski definition) is 2. The van der Waals surface area contributed by atoms with E-state index in [1.807, 2.05) is 0 Å². The fraction of sp³-hybridized carbons (Fsp3) is 0.529. The molecule has 0 unspecified atom stereocenters. The van der Waals surface area contributed by atoms with Crippen LogP contribution in [0.5, 0.6) is 0 Å². The van der Waals surface area contributed by atoms with Crippen molar-refractivity contribution in [2.45, 2.75) is 18.6 Å². The van der Waals surface area contributed by atoms with Crippen LogP contribution in [0.15, 0.2) is 18.2 Å². The summed E-state index contributed by atoms with van der Waals surface area (Å²) in [4.78, 5) is 26.2. The molecule has 1 saturated heterocycles. The number of benzene rings is 1. The number of halogens is 5. The molecule has 1 aromatic rings. The number of rotatable bonds is 7. The number of morpholine rings is 1.